The van der Waals surface area contributed by atoms with Gasteiger partial charge in [0, 0.05) is 32.1 Å². The molecule has 0 aromatic rings. The molecule has 5 N–H and O–H groups in total. The summed E-state index contributed by atoms with van der Waals surface area (Å²) in [5, 5.41) is 90.0. The minimum absolute atomic E-state index is 0. The van der Waals surface area contributed by atoms with Crippen molar-refractivity contribution in [2.75, 3.05) is 0 Å². The molecular formula is C30H35NbO20. The molecule has 0 aromatic carbocycles. The van der Waals surface area contributed by atoms with Gasteiger partial charge in [0.15, 0.2) is 0 Å². The van der Waals surface area contributed by atoms with Crippen molar-refractivity contribution in [1.82, 2.24) is 0 Å². The van der Waals surface area contributed by atoms with Crippen molar-refractivity contribution in [2.24, 2.45) is 0 Å². The number of carbonyl (C=O) groups excluding carboxylic acids is 5. The van der Waals surface area contributed by atoms with Gasteiger partial charge < -0.3 is 75.0 Å². The number of hydrogen-bond acceptors (Lipinski definition) is 15. The van der Waals surface area contributed by atoms with Crippen LogP contribution in [-0.4, -0.2) is 85.2 Å². The van der Waals surface area contributed by atoms with Crippen molar-refractivity contribution >= 4 is 59.7 Å². The summed E-state index contributed by atoms with van der Waals surface area (Å²) < 4.78 is 0. The Hall–Kier alpha value is -5.86. The Morgan fingerprint density at radius 1 is 0.294 bits per heavy atom. The van der Waals surface area contributed by atoms with Crippen molar-refractivity contribution in [3.05, 3.63) is 60.8 Å². The van der Waals surface area contributed by atoms with E-state index < -0.39 is 59.7 Å². The first kappa shape index (κ1) is 57.4. The van der Waals surface area contributed by atoms with Gasteiger partial charge in [-0.3, -0.25) is 24.0 Å². The maximum Gasteiger partial charge on any atom is 5.00 e. The smallest absolute Gasteiger partial charge is 0.545 e. The molecule has 0 aromatic heterocycles. The van der Waals surface area contributed by atoms with Gasteiger partial charge in [-0.1, -0.05) is 32.9 Å². The van der Waals surface area contributed by atoms with Gasteiger partial charge in [0.1, 0.15) is 0 Å². The molecule has 0 atom stereocenters. The van der Waals surface area contributed by atoms with Crippen LogP contribution in [0.15, 0.2) is 60.8 Å². The number of aliphatic carboxylic acids is 10. The van der Waals surface area contributed by atoms with Crippen LogP contribution in [-0.2, 0) is 70.3 Å². The molecule has 51 heavy (non-hydrogen) atoms. The standard InChI is InChI=1S/5C6H8O4.Nb/c5*1-4(6(9)10)2-3-5(7)8;/h5*1-3H2,(H,7,8)(H,9,10);/q;;;;;+5/p-5. The van der Waals surface area contributed by atoms with Gasteiger partial charge in [0.25, 0.3) is 0 Å². The van der Waals surface area contributed by atoms with Crippen LogP contribution in [0.4, 0.5) is 0 Å². The Labute approximate surface area is 305 Å². The summed E-state index contributed by atoms with van der Waals surface area (Å²) in [6.45, 7) is 15.5. The second kappa shape index (κ2) is 34.0. The van der Waals surface area contributed by atoms with E-state index in [-0.39, 0.29) is 114 Å². The van der Waals surface area contributed by atoms with Crippen LogP contribution in [0.2, 0.25) is 0 Å². The second-order valence-electron chi connectivity index (χ2n) is 8.92. The zero-order chi connectivity index (χ0) is 40.7. The predicted octanol–water partition coefficient (Wildman–Crippen LogP) is -4.22. The fraction of sp³-hybridized carbons (Fsp3) is 0.333. The summed E-state index contributed by atoms with van der Waals surface area (Å²) in [4.78, 5) is 98.9. The van der Waals surface area contributed by atoms with Crippen LogP contribution in [0.5, 0.6) is 0 Å². The molecule has 20 nitrogen and oxygen atoms in total. The third-order valence-corrected chi connectivity index (χ3v) is 4.65. The van der Waals surface area contributed by atoms with Crippen molar-refractivity contribution in [3.63, 3.8) is 0 Å². The summed E-state index contributed by atoms with van der Waals surface area (Å²) in [5.41, 5.74) is -0.892. The number of carboxylic acids is 10. The fourth-order valence-corrected chi connectivity index (χ4v) is 1.80. The first-order valence-corrected chi connectivity index (χ1v) is 13.2. The molecule has 0 saturated heterocycles. The Balaban J connectivity index is -0.000000123. The Morgan fingerprint density at radius 2 is 0.392 bits per heavy atom. The van der Waals surface area contributed by atoms with Gasteiger partial charge in [-0.05, 0) is 60.0 Å². The topological polar surface area (TPSA) is 387 Å². The zero-order valence-corrected chi connectivity index (χ0v) is 29.1. The second-order valence-corrected chi connectivity index (χ2v) is 8.92. The maximum atomic E-state index is 9.91. The van der Waals surface area contributed by atoms with Crippen LogP contribution in [0.25, 0.3) is 0 Å². The molecule has 280 valence electrons. The minimum Gasteiger partial charge on any atom is -0.545 e. The van der Waals surface area contributed by atoms with Crippen LogP contribution in [0.1, 0.15) is 64.2 Å². The fourth-order valence-electron chi connectivity index (χ4n) is 1.80. The summed E-state index contributed by atoms with van der Waals surface area (Å²) in [6, 6.07) is 0. The van der Waals surface area contributed by atoms with Crippen LogP contribution < -0.4 is 25.5 Å². The Kier molecular flexibility index (Phi) is 38.3. The monoisotopic (exact) mass is 808 g/mol. The molecule has 0 rings (SSSR count). The van der Waals surface area contributed by atoms with Crippen LogP contribution in [0.3, 0.4) is 0 Å². The normalized spacial score (nSPS) is 8.63. The molecule has 0 heterocycles. The molecule has 0 aliphatic heterocycles. The third-order valence-electron chi connectivity index (χ3n) is 4.65. The van der Waals surface area contributed by atoms with Gasteiger partial charge in [-0.15, -0.1) is 0 Å². The van der Waals surface area contributed by atoms with Gasteiger partial charge in [-0.2, -0.15) is 0 Å². The van der Waals surface area contributed by atoms with E-state index in [1.54, 1.807) is 0 Å². The maximum absolute atomic E-state index is 9.91. The van der Waals surface area contributed by atoms with Gasteiger partial charge >= 0.3 is 52.2 Å². The van der Waals surface area contributed by atoms with E-state index >= 15 is 0 Å². The molecule has 0 unspecified atom stereocenters. The molecule has 0 fully saturated rings. The first-order valence-electron chi connectivity index (χ1n) is 13.2. The van der Waals surface area contributed by atoms with E-state index in [2.05, 4.69) is 32.9 Å². The SMILES string of the molecule is C=C(CCC(=O)O)C(=O)[O-].C=C(CCC(=O)O)C(=O)[O-].C=C(CCC(=O)O)C(=O)[O-].C=C(CCC(=O)O)C(=O)[O-].C=C(CCC(=O)O)C(=O)[O-].[Nb+5]. The summed E-state index contributed by atoms with van der Waals surface area (Å²) in [7, 11) is 0. The van der Waals surface area contributed by atoms with Crippen molar-refractivity contribution in [1.29, 1.82) is 0 Å². The molecule has 0 radical (unpaired) electrons. The molecule has 0 aliphatic carbocycles. The number of rotatable bonds is 20. The minimum atomic E-state index is -1.39. The van der Waals surface area contributed by atoms with E-state index in [4.69, 9.17) is 25.5 Å². The van der Waals surface area contributed by atoms with Crippen molar-refractivity contribution in [2.45, 2.75) is 64.2 Å². The number of hydrogen-bond donors (Lipinski definition) is 5. The molecule has 0 spiro atoms. The average molecular weight is 808 g/mol. The van der Waals surface area contributed by atoms with E-state index in [9.17, 15) is 73.5 Å². The summed E-state index contributed by atoms with van der Waals surface area (Å²) in [5.74, 6) is -12.1. The quantitative estimate of drug-likeness (QED) is 0.0575. The number of carbonyl (C=O) groups is 10. The van der Waals surface area contributed by atoms with Crippen LogP contribution in [0, 0.1) is 0 Å². The molecule has 21 heteroatoms. The first-order chi connectivity index (χ1) is 22.7. The zero-order valence-electron chi connectivity index (χ0n) is 26.9. The molecule has 0 saturated carbocycles. The average Bonchev–Trinajstić information content (AvgIpc) is 2.99. The number of carboxylic acid groups (broad SMARTS) is 10. The Bertz CT molecular complexity index is 1090. The molecular weight excluding hydrogens is 773 g/mol. The molecule has 0 bridgehead atoms. The largest absolute Gasteiger partial charge is 5.00 e. The summed E-state index contributed by atoms with van der Waals surface area (Å²) in [6.07, 6.45) is -1.37. The van der Waals surface area contributed by atoms with Crippen molar-refractivity contribution in [3.8, 4) is 0 Å². The van der Waals surface area contributed by atoms with Crippen molar-refractivity contribution < 1.29 is 121 Å². The van der Waals surface area contributed by atoms with E-state index in [1.807, 2.05) is 0 Å². The van der Waals surface area contributed by atoms with Gasteiger partial charge in [0.05, 0.1) is 29.8 Å². The third kappa shape index (κ3) is 51.2. The molecule has 0 amide bonds. The Morgan fingerprint density at radius 3 is 0.451 bits per heavy atom. The van der Waals surface area contributed by atoms with Gasteiger partial charge in [-0.25, -0.2) is 0 Å². The van der Waals surface area contributed by atoms with E-state index in [1.165, 1.54) is 0 Å². The molecule has 0 aliphatic rings. The predicted molar refractivity (Wildman–Crippen MR) is 155 cm³/mol. The van der Waals surface area contributed by atoms with E-state index in [0.717, 1.165) is 0 Å². The van der Waals surface area contributed by atoms with E-state index in [0.29, 0.717) is 0 Å². The van der Waals surface area contributed by atoms with Crippen LogP contribution >= 0.6 is 0 Å². The van der Waals surface area contributed by atoms with Gasteiger partial charge in [0.2, 0.25) is 0 Å². The summed E-state index contributed by atoms with van der Waals surface area (Å²) >= 11 is 0.